The van der Waals surface area contributed by atoms with Gasteiger partial charge in [0.2, 0.25) is 11.8 Å². The smallest absolute Gasteiger partial charge is 0.311 e. The number of carbonyl (C=O) groups excluding carboxylic acids is 3. The molecule has 1 spiro atoms. The van der Waals surface area contributed by atoms with E-state index >= 15 is 0 Å². The first kappa shape index (κ1) is 34.7. The second-order valence-corrected chi connectivity index (χ2v) is 16.5. The molecule has 2 bridgehead atoms. The number of rotatable bonds is 17. The van der Waals surface area contributed by atoms with Gasteiger partial charge in [0.15, 0.2) is 0 Å². The van der Waals surface area contributed by atoms with Gasteiger partial charge < -0.3 is 19.6 Å². The summed E-state index contributed by atoms with van der Waals surface area (Å²) in [6.07, 6.45) is 11.7. The van der Waals surface area contributed by atoms with Crippen LogP contribution in [0.2, 0.25) is 0 Å². The Bertz CT molecular complexity index is 1010. The van der Waals surface area contributed by atoms with Gasteiger partial charge in [-0.15, -0.1) is 24.9 Å². The maximum absolute atomic E-state index is 14.9. The lowest BCUT2D eigenvalue weighted by Crippen LogP contribution is -2.60. The third-order valence-corrected chi connectivity index (χ3v) is 11.4. The first-order valence-electron chi connectivity index (χ1n) is 16.0. The second-order valence-electron chi connectivity index (χ2n) is 14.6. The topological polar surface area (TPSA) is 87.1 Å². The number of amides is 2. The van der Waals surface area contributed by atoms with Crippen molar-refractivity contribution in [1.29, 1.82) is 0 Å². The number of esters is 1. The van der Waals surface area contributed by atoms with Crippen molar-refractivity contribution in [2.45, 2.75) is 127 Å². The van der Waals surface area contributed by atoms with E-state index in [1.165, 1.54) is 0 Å². The molecule has 7 nitrogen and oxygen atoms in total. The highest BCUT2D eigenvalue weighted by Gasteiger charge is 2.77. The third-order valence-electron chi connectivity index (χ3n) is 9.39. The van der Waals surface area contributed by atoms with Crippen LogP contribution in [0.4, 0.5) is 0 Å². The number of thioether (sulfide) groups is 1. The molecule has 1 N–H and O–H groups in total. The first-order valence-corrected chi connectivity index (χ1v) is 16.8. The highest BCUT2D eigenvalue weighted by Crippen LogP contribution is 2.71. The van der Waals surface area contributed by atoms with Gasteiger partial charge in [-0.1, -0.05) is 45.8 Å². The lowest BCUT2D eigenvalue weighted by Gasteiger charge is -2.46. The summed E-state index contributed by atoms with van der Waals surface area (Å²) in [6, 6.07) is -0.635. The van der Waals surface area contributed by atoms with Crippen molar-refractivity contribution < 1.29 is 24.2 Å². The normalized spacial score (nSPS) is 28.6. The van der Waals surface area contributed by atoms with Gasteiger partial charge >= 0.3 is 5.97 Å². The van der Waals surface area contributed by atoms with Gasteiger partial charge in [0.1, 0.15) is 6.04 Å². The van der Waals surface area contributed by atoms with Crippen LogP contribution >= 0.6 is 11.8 Å². The summed E-state index contributed by atoms with van der Waals surface area (Å²) < 4.78 is 4.71. The second kappa shape index (κ2) is 13.9. The average Bonchev–Trinajstić information content (AvgIpc) is 3.45. The Balaban J connectivity index is 1.98. The maximum Gasteiger partial charge on any atom is 0.311 e. The Morgan fingerprint density at radius 2 is 1.76 bits per heavy atom. The predicted octanol–water partition coefficient (Wildman–Crippen LogP) is 6.15. The van der Waals surface area contributed by atoms with E-state index in [0.717, 1.165) is 64.2 Å². The Hall–Kier alpha value is -1.80. The summed E-state index contributed by atoms with van der Waals surface area (Å²) in [5.41, 5.74) is -0.459. The number of ether oxygens (including phenoxy) is 1. The zero-order chi connectivity index (χ0) is 31.3. The lowest BCUT2D eigenvalue weighted by atomic mass is 9.66. The van der Waals surface area contributed by atoms with Crippen molar-refractivity contribution in [3.63, 3.8) is 0 Å². The molecule has 3 rings (SSSR count). The summed E-state index contributed by atoms with van der Waals surface area (Å²) in [7, 11) is 0. The number of hydrogen-bond donors (Lipinski definition) is 1. The van der Waals surface area contributed by atoms with Crippen LogP contribution in [0.25, 0.3) is 0 Å². The number of unbranched alkanes of at least 4 members (excludes halogenated alkanes) is 5. The minimum absolute atomic E-state index is 0.00350. The fourth-order valence-electron chi connectivity index (χ4n) is 8.01. The molecule has 2 amide bonds. The van der Waals surface area contributed by atoms with Crippen LogP contribution < -0.4 is 0 Å². The molecule has 42 heavy (non-hydrogen) atoms. The lowest BCUT2D eigenvalue weighted by molar-refractivity contribution is -0.155. The summed E-state index contributed by atoms with van der Waals surface area (Å²) in [4.78, 5) is 46.7. The van der Waals surface area contributed by atoms with Gasteiger partial charge in [0.05, 0.1) is 23.2 Å². The van der Waals surface area contributed by atoms with Crippen LogP contribution in [-0.4, -0.2) is 80.1 Å². The SMILES string of the molecule is C=CCCCCOC(=O)[C@@H]1[C@H]2C(=O)N(CCCCCCO)C(C(=O)N(CC=C)C(C)(C)CC(C)(C)C)C23CC[C@@]1(C)S3. The van der Waals surface area contributed by atoms with Crippen LogP contribution in [0.5, 0.6) is 0 Å². The van der Waals surface area contributed by atoms with E-state index in [0.29, 0.717) is 19.7 Å². The van der Waals surface area contributed by atoms with E-state index < -0.39 is 32.9 Å². The largest absolute Gasteiger partial charge is 0.465 e. The van der Waals surface area contributed by atoms with Crippen molar-refractivity contribution >= 4 is 29.5 Å². The molecule has 3 fully saturated rings. The minimum atomic E-state index is -0.655. The molecule has 3 aliphatic heterocycles. The standard InChI is InChI=1S/C34H56N2O5S/c1-9-11-12-17-23-41-30(40)26-25-28(38)35(21-15-13-14-16-22-37)27(34(25)19-18-33(26,8)42-34)29(39)36(20-10-2)32(6,7)24-31(3,4)5/h9-10,25-27,37H,1-2,11-24H2,3-8H3/t25-,26-,27?,33+,34?/m0/s1. The zero-order valence-electron chi connectivity index (χ0n) is 27.1. The predicted molar refractivity (Wildman–Crippen MR) is 171 cm³/mol. The van der Waals surface area contributed by atoms with Gasteiger partial charge in [-0.3, -0.25) is 14.4 Å². The van der Waals surface area contributed by atoms with Crippen LogP contribution in [0.1, 0.15) is 106 Å². The molecular formula is C34H56N2O5S. The van der Waals surface area contributed by atoms with Crippen molar-refractivity contribution in [3.8, 4) is 0 Å². The molecule has 0 radical (unpaired) electrons. The van der Waals surface area contributed by atoms with Crippen LogP contribution in [0.3, 0.4) is 0 Å². The molecule has 0 aromatic heterocycles. The third kappa shape index (κ3) is 7.11. The number of allylic oxidation sites excluding steroid dienone is 1. The zero-order valence-corrected chi connectivity index (χ0v) is 27.9. The molecule has 2 unspecified atom stereocenters. The number of nitrogens with zero attached hydrogens (tertiary/aromatic N) is 2. The molecule has 3 aliphatic rings. The summed E-state index contributed by atoms with van der Waals surface area (Å²) in [5.74, 6) is -1.54. The molecule has 0 saturated carbocycles. The monoisotopic (exact) mass is 604 g/mol. The molecule has 3 saturated heterocycles. The number of carbonyl (C=O) groups is 3. The number of fused-ring (bicyclic) bond motifs is 1. The van der Waals surface area contributed by atoms with Gasteiger partial charge in [0, 0.05) is 30.0 Å². The van der Waals surface area contributed by atoms with Crippen molar-refractivity contribution in [2.75, 3.05) is 26.3 Å². The van der Waals surface area contributed by atoms with Gasteiger partial charge in [0.25, 0.3) is 0 Å². The number of aliphatic hydroxyl groups is 1. The summed E-state index contributed by atoms with van der Waals surface area (Å²) >= 11 is 1.70. The molecule has 0 aliphatic carbocycles. The molecular weight excluding hydrogens is 548 g/mol. The van der Waals surface area contributed by atoms with E-state index in [9.17, 15) is 19.5 Å². The van der Waals surface area contributed by atoms with Gasteiger partial charge in [-0.2, -0.15) is 0 Å². The Labute approximate surface area is 258 Å². The van der Waals surface area contributed by atoms with Crippen molar-refractivity contribution in [1.82, 2.24) is 9.80 Å². The fraction of sp³-hybridized carbons (Fsp3) is 0.794. The van der Waals surface area contributed by atoms with E-state index in [4.69, 9.17) is 4.74 Å². The van der Waals surface area contributed by atoms with E-state index in [2.05, 4.69) is 54.7 Å². The minimum Gasteiger partial charge on any atom is -0.465 e. The highest BCUT2D eigenvalue weighted by atomic mass is 32.2. The Morgan fingerprint density at radius 3 is 2.38 bits per heavy atom. The number of hydrogen-bond acceptors (Lipinski definition) is 6. The number of aliphatic hydroxyl groups excluding tert-OH is 1. The van der Waals surface area contributed by atoms with E-state index in [-0.39, 0.29) is 29.8 Å². The Morgan fingerprint density at radius 1 is 1.07 bits per heavy atom. The molecule has 3 heterocycles. The van der Waals surface area contributed by atoms with E-state index in [1.54, 1.807) is 17.8 Å². The first-order chi connectivity index (χ1) is 19.7. The van der Waals surface area contributed by atoms with Crippen molar-refractivity contribution in [2.24, 2.45) is 17.3 Å². The fourth-order valence-corrected chi connectivity index (χ4v) is 10.3. The van der Waals surface area contributed by atoms with Gasteiger partial charge in [-0.25, -0.2) is 0 Å². The summed E-state index contributed by atoms with van der Waals surface area (Å²) in [5, 5.41) is 9.22. The maximum atomic E-state index is 14.9. The average molecular weight is 605 g/mol. The van der Waals surface area contributed by atoms with E-state index in [1.807, 2.05) is 15.9 Å². The van der Waals surface area contributed by atoms with Gasteiger partial charge in [-0.05, 0) is 77.6 Å². The van der Waals surface area contributed by atoms with Crippen LogP contribution in [0, 0.1) is 17.3 Å². The van der Waals surface area contributed by atoms with Crippen molar-refractivity contribution in [3.05, 3.63) is 25.3 Å². The molecule has 0 aromatic carbocycles. The summed E-state index contributed by atoms with van der Waals surface area (Å²) in [6.45, 7) is 21.9. The van der Waals surface area contributed by atoms with Crippen LogP contribution in [-0.2, 0) is 19.1 Å². The Kier molecular flexibility index (Phi) is 11.5. The molecule has 5 atom stereocenters. The number of likely N-dealkylation sites (tertiary alicyclic amines) is 1. The molecule has 238 valence electrons. The quantitative estimate of drug-likeness (QED) is 0.122. The van der Waals surface area contributed by atoms with Crippen LogP contribution in [0.15, 0.2) is 25.3 Å². The highest BCUT2D eigenvalue weighted by molar-refractivity contribution is 8.02. The molecule has 8 heteroatoms. The molecule has 0 aromatic rings.